The smallest absolute Gasteiger partial charge is 0.433 e. The standard InChI is InChI=1S/C17H20.C15H16.2C12H18O.C12H18.C10H10ClF3.C10H12ClF.C10H10F4.C10H14.C9H10F3N.C9H12.C7H10S/c1-4-14-11-8-12-16(17(14)13(2)3)15-9-6-5-7-10-15;1-12(2)14-10-6-7-11-15(14)13-8-4-3-5-9-13;1-9(2)11-7-5-6-8-12(11)13-10(3)4;1-5-13-12-8-10(4)6-7-11(12)9(2)3;1-4-7-11-8-5-6-9-12(11)10(2)3;1-6(2)8-5-7(10(12,13)14)3-4-9(8)11;1-6(2)9-8(11)5-4-7(3)10(9)12;1-6(2)9-7(10(12,13)14)4-3-5-8(9)11;1-8(2)10-7-5-4-6-9(10)3;1-6(2)7-4-3-5-8(13-7)9(10,11)12;1-8(2)9-6-4-3-5-7-9;1-6(2)7-3-4-8-5-7/h5-13H,4H2,1-3H3;3-12H,1-2H3;5-10H,1-4H3;6-9H,5H2,1-4H3;5-6,8-10H,4,7H2,1-3H3;3-6H,1-2H3;4-6H,1-3H3;3-6H,1-2H3;4-8H,1-3H3;3-6H,1-2H3;3-8H,1-2H3;3-6H,1-2H3. The van der Waals surface area contributed by atoms with Gasteiger partial charge in [0.2, 0.25) is 0 Å². The van der Waals surface area contributed by atoms with E-state index in [0.717, 1.165) is 60.9 Å². The molecular weight excluding hydrogens is 1960 g/mol. The maximum absolute atomic E-state index is 13.4. The van der Waals surface area contributed by atoms with Gasteiger partial charge in [-0.1, -0.05) is 440 Å². The highest BCUT2D eigenvalue weighted by Gasteiger charge is 2.36. The fourth-order valence-corrected chi connectivity index (χ4v) is 17.5. The Hall–Kier alpha value is -11.1. The van der Waals surface area contributed by atoms with Crippen LogP contribution in [0, 0.1) is 32.4 Å². The summed E-state index contributed by atoms with van der Waals surface area (Å²) in [6, 6.07) is 95.0. The summed E-state index contributed by atoms with van der Waals surface area (Å²) in [4.78, 5) is 3.52. The van der Waals surface area contributed by atoms with E-state index >= 15 is 0 Å². The average molecular weight is 2120 g/mol. The van der Waals surface area contributed by atoms with Crippen LogP contribution in [0.1, 0.15) is 390 Å². The van der Waals surface area contributed by atoms with Crippen molar-refractivity contribution in [2.24, 2.45) is 0 Å². The van der Waals surface area contributed by atoms with E-state index in [1.54, 1.807) is 50.3 Å². The monoisotopic (exact) mass is 2120 g/mol. The van der Waals surface area contributed by atoms with Gasteiger partial charge in [0.25, 0.3) is 0 Å². The first kappa shape index (κ1) is 133. The van der Waals surface area contributed by atoms with Crippen LogP contribution < -0.4 is 9.47 Å². The normalized spacial score (nSPS) is 11.1. The van der Waals surface area contributed by atoms with Crippen LogP contribution in [0.4, 0.5) is 48.3 Å². The number of rotatable bonds is 21. The Bertz CT molecular complexity index is 6100. The molecule has 2 aromatic heterocycles. The predicted molar refractivity (Wildman–Crippen MR) is 622 cm³/mol. The summed E-state index contributed by atoms with van der Waals surface area (Å²) in [5, 5.41) is 5.22. The van der Waals surface area contributed by atoms with Crippen molar-refractivity contribution < 1.29 is 57.8 Å². The van der Waals surface area contributed by atoms with E-state index in [-0.39, 0.29) is 35.2 Å². The third kappa shape index (κ3) is 47.4. The van der Waals surface area contributed by atoms with Crippen molar-refractivity contribution in [3.63, 3.8) is 0 Å². The number of ether oxygens (including phenoxy) is 2. The van der Waals surface area contributed by atoms with Gasteiger partial charge in [0.05, 0.1) is 23.8 Å². The van der Waals surface area contributed by atoms with E-state index in [1.165, 1.54) is 128 Å². The fourth-order valence-electron chi connectivity index (χ4n) is 16.0. The lowest BCUT2D eigenvalue weighted by Crippen LogP contribution is -2.11. The number of para-hydroxylation sites is 1. The van der Waals surface area contributed by atoms with Crippen molar-refractivity contribution in [3.8, 4) is 33.8 Å². The molecule has 0 unspecified atom stereocenters. The Labute approximate surface area is 909 Å². The van der Waals surface area contributed by atoms with Gasteiger partial charge in [0.15, 0.2) is 0 Å². The second kappa shape index (κ2) is 68.0. The number of hydrogen-bond donors (Lipinski definition) is 0. The molecule has 14 aromatic rings. The summed E-state index contributed by atoms with van der Waals surface area (Å²) in [6.45, 7) is 67.1. The van der Waals surface area contributed by atoms with Gasteiger partial charge in [-0.05, 0) is 303 Å². The van der Waals surface area contributed by atoms with E-state index in [0.29, 0.717) is 79.8 Å². The molecule has 3 nitrogen and oxygen atoms in total. The molecule has 0 saturated carbocycles. The highest BCUT2D eigenvalue weighted by atomic mass is 35.5. The summed E-state index contributed by atoms with van der Waals surface area (Å²) in [7, 11) is 0. The van der Waals surface area contributed by atoms with Crippen LogP contribution in [0.5, 0.6) is 11.5 Å². The molecule has 2 heterocycles. The van der Waals surface area contributed by atoms with E-state index in [9.17, 15) is 48.3 Å². The third-order valence-electron chi connectivity index (χ3n) is 24.0. The molecule has 0 aliphatic heterocycles. The minimum atomic E-state index is -4.48. The number of aryl methyl sites for hydroxylation is 5. The summed E-state index contributed by atoms with van der Waals surface area (Å²) >= 11 is 13.4. The number of benzene rings is 12. The maximum atomic E-state index is 13.4. The molecule has 0 radical (unpaired) electrons. The third-order valence-corrected chi connectivity index (χ3v) is 25.4. The van der Waals surface area contributed by atoms with Crippen LogP contribution in [0.2, 0.25) is 10.0 Å². The van der Waals surface area contributed by atoms with Gasteiger partial charge >= 0.3 is 18.5 Å². The summed E-state index contributed by atoms with van der Waals surface area (Å²) in [5.41, 5.74) is 22.0. The topological polar surface area (TPSA) is 31.4 Å². The van der Waals surface area contributed by atoms with Crippen LogP contribution >= 0.6 is 34.5 Å². The molecule has 0 bridgehead atoms. The predicted octanol–water partition coefficient (Wildman–Crippen LogP) is 44.8. The van der Waals surface area contributed by atoms with Gasteiger partial charge in [-0.15, -0.1) is 0 Å². The van der Waals surface area contributed by atoms with Gasteiger partial charge in [0, 0.05) is 26.9 Å². The molecule has 0 aliphatic carbocycles. The molecule has 150 heavy (non-hydrogen) atoms. The zero-order chi connectivity index (χ0) is 113. The first-order valence-electron chi connectivity index (χ1n) is 52.7. The van der Waals surface area contributed by atoms with Gasteiger partial charge < -0.3 is 9.47 Å². The number of thiophene rings is 1. The number of nitrogens with zero attached hydrogens (tertiary/aromatic N) is 1. The van der Waals surface area contributed by atoms with Crippen LogP contribution in [-0.2, 0) is 31.4 Å². The molecular formula is C133H168Cl2F11NO2S. The molecule has 0 amide bonds. The van der Waals surface area contributed by atoms with E-state index in [1.807, 2.05) is 52.8 Å². The number of hydrogen-bond acceptors (Lipinski definition) is 4. The molecule has 14 rings (SSSR count). The Morgan fingerprint density at radius 3 is 1.21 bits per heavy atom. The van der Waals surface area contributed by atoms with Crippen LogP contribution in [0.15, 0.2) is 308 Å². The summed E-state index contributed by atoms with van der Waals surface area (Å²) < 4.78 is 149. The maximum Gasteiger partial charge on any atom is 0.433 e. The highest BCUT2D eigenvalue weighted by molar-refractivity contribution is 7.08. The lowest BCUT2D eigenvalue weighted by atomic mass is 9.88. The van der Waals surface area contributed by atoms with Gasteiger partial charge in [-0.3, -0.25) is 0 Å². The van der Waals surface area contributed by atoms with Crippen LogP contribution in [0.25, 0.3) is 22.3 Å². The van der Waals surface area contributed by atoms with Gasteiger partial charge in [0.1, 0.15) is 28.8 Å². The van der Waals surface area contributed by atoms with Crippen molar-refractivity contribution in [1.82, 2.24) is 4.98 Å². The Morgan fingerprint density at radius 2 is 0.780 bits per heavy atom. The second-order valence-electron chi connectivity index (χ2n) is 40.8. The van der Waals surface area contributed by atoms with Crippen molar-refractivity contribution in [1.29, 1.82) is 0 Å². The van der Waals surface area contributed by atoms with Gasteiger partial charge in [-0.25, -0.2) is 13.8 Å². The lowest BCUT2D eigenvalue weighted by Gasteiger charge is -2.17. The Balaban J connectivity index is 0.000000422. The zero-order valence-corrected chi connectivity index (χ0v) is 97.2. The largest absolute Gasteiger partial charge is 0.494 e. The minimum absolute atomic E-state index is 0.00944. The first-order chi connectivity index (χ1) is 70.5. The van der Waals surface area contributed by atoms with Crippen LogP contribution in [-0.4, -0.2) is 17.7 Å². The Morgan fingerprint density at radius 1 is 0.327 bits per heavy atom. The van der Waals surface area contributed by atoms with E-state index in [2.05, 4.69) is 380 Å². The van der Waals surface area contributed by atoms with Gasteiger partial charge in [-0.2, -0.15) is 50.9 Å². The minimum Gasteiger partial charge on any atom is -0.494 e. The molecule has 0 spiro atoms. The lowest BCUT2D eigenvalue weighted by molar-refractivity contribution is -0.141. The quantitative estimate of drug-likeness (QED) is 0.0672. The van der Waals surface area contributed by atoms with Crippen molar-refractivity contribution in [3.05, 3.63) is 441 Å². The zero-order valence-electron chi connectivity index (χ0n) is 94.9. The number of aromatic nitrogens is 1. The molecule has 0 saturated heterocycles. The van der Waals surface area contributed by atoms with E-state index < -0.39 is 47.1 Å². The molecule has 0 N–H and O–H groups in total. The number of halogens is 13. The molecule has 0 atom stereocenters. The van der Waals surface area contributed by atoms with Crippen LogP contribution in [0.3, 0.4) is 0 Å². The average Bonchev–Trinajstić information content (AvgIpc) is 0.916. The molecule has 0 aliphatic rings. The molecule has 12 aromatic carbocycles. The SMILES string of the molecule is CC(C)Oc1ccccc1C(C)C.CC(C)c1c(F)cccc1C(F)(F)F.CC(C)c1cc(C(F)(F)F)ccc1Cl.CC(C)c1cccc(C(F)(F)F)n1.CC(C)c1ccccc1.CC(C)c1ccccc1-c1ccccc1.CC(C)c1ccsc1.CCCc1ccccc1C(C)C.CCOc1cc(C)ccc1C(C)C.CCc1cccc(-c2ccccc2)c1C(C)C.Cc1ccc(Cl)c(C(C)C)c1F.Cc1ccccc1C(C)C. The van der Waals surface area contributed by atoms with Crippen molar-refractivity contribution in [2.45, 2.75) is 336 Å². The molecule has 814 valence electrons. The second-order valence-corrected chi connectivity index (χ2v) is 42.4. The molecule has 17 heteroatoms. The Kier molecular flexibility index (Phi) is 60.3. The molecule has 0 fully saturated rings. The number of pyridine rings is 1. The summed E-state index contributed by atoms with van der Waals surface area (Å²) in [6.07, 6.45) is -9.31. The fraction of sp³-hybridized carbons (Fsp3) is 0.391. The van der Waals surface area contributed by atoms with Crippen molar-refractivity contribution >= 4 is 34.5 Å². The van der Waals surface area contributed by atoms with Crippen molar-refractivity contribution in [2.75, 3.05) is 6.61 Å². The summed E-state index contributed by atoms with van der Waals surface area (Å²) in [5.74, 6) is 5.62. The first-order valence-corrected chi connectivity index (χ1v) is 54.4. The number of alkyl halides is 9. The van der Waals surface area contributed by atoms with E-state index in [4.69, 9.17) is 32.7 Å². The highest BCUT2D eigenvalue weighted by Crippen LogP contribution is 2.40.